The van der Waals surface area contributed by atoms with Crippen molar-refractivity contribution in [3.05, 3.63) is 65.2 Å². The number of rotatable bonds is 14. The lowest BCUT2D eigenvalue weighted by Gasteiger charge is -2.39. The van der Waals surface area contributed by atoms with E-state index >= 15 is 0 Å². The van der Waals surface area contributed by atoms with Crippen molar-refractivity contribution in [2.24, 2.45) is 11.8 Å². The molecule has 3 aliphatic rings. The molecule has 53 heavy (non-hydrogen) atoms. The Hall–Kier alpha value is -4.10. The summed E-state index contributed by atoms with van der Waals surface area (Å²) >= 11 is 0. The molecule has 0 radical (unpaired) electrons. The first-order valence-corrected chi connectivity index (χ1v) is 17.0. The number of methoxy groups -OCH3 is 4. The summed E-state index contributed by atoms with van der Waals surface area (Å²) in [4.78, 5) is 0. The maximum atomic E-state index is 11.4. The minimum atomic E-state index is -1.65. The Morgan fingerprint density at radius 2 is 1.32 bits per heavy atom. The third kappa shape index (κ3) is 7.51. The van der Waals surface area contributed by atoms with E-state index in [0.717, 1.165) is 11.1 Å². The van der Waals surface area contributed by atoms with E-state index in [1.807, 2.05) is 0 Å². The lowest BCUT2D eigenvalue weighted by molar-refractivity contribution is -0.277. The van der Waals surface area contributed by atoms with Gasteiger partial charge in [0.15, 0.2) is 40.6 Å². The zero-order valence-electron chi connectivity index (χ0n) is 29.6. The summed E-state index contributed by atoms with van der Waals surface area (Å²) in [6.45, 7) is -0.286. The molecule has 0 amide bonds. The quantitative estimate of drug-likeness (QED) is 0.123. The Balaban J connectivity index is 1.22. The van der Waals surface area contributed by atoms with Gasteiger partial charge in [-0.05, 0) is 53.1 Å². The van der Waals surface area contributed by atoms with E-state index < -0.39 is 62.2 Å². The van der Waals surface area contributed by atoms with Crippen molar-refractivity contribution in [3.63, 3.8) is 0 Å². The Labute approximate surface area is 305 Å². The molecule has 3 fully saturated rings. The van der Waals surface area contributed by atoms with Gasteiger partial charge in [-0.3, -0.25) is 0 Å². The largest absolute Gasteiger partial charge is 0.504 e. The van der Waals surface area contributed by atoms with Gasteiger partial charge in [-0.15, -0.1) is 0 Å². The van der Waals surface area contributed by atoms with Crippen molar-refractivity contribution >= 4 is 0 Å². The van der Waals surface area contributed by atoms with Crippen LogP contribution in [0.25, 0.3) is 0 Å². The molecule has 0 aliphatic carbocycles. The van der Waals surface area contributed by atoms with Crippen LogP contribution < -0.4 is 28.4 Å². The van der Waals surface area contributed by atoms with Crippen LogP contribution in [0.5, 0.6) is 40.2 Å². The highest BCUT2D eigenvalue weighted by Crippen LogP contribution is 2.54. The van der Waals surface area contributed by atoms with Crippen LogP contribution in [-0.4, -0.2) is 127 Å². The second-order valence-electron chi connectivity index (χ2n) is 13.0. The van der Waals surface area contributed by atoms with Gasteiger partial charge in [-0.1, -0.05) is 12.1 Å². The summed E-state index contributed by atoms with van der Waals surface area (Å²) in [5.41, 5.74) is 1.84. The number of phenolic OH excluding ortho intramolecular Hbond substituents is 1. The third-order valence-electron chi connectivity index (χ3n) is 10.0. The number of aliphatic hydroxyl groups is 6. The molecule has 3 aliphatic heterocycles. The monoisotopic (exact) mass is 746 g/mol. The molecule has 3 heterocycles. The summed E-state index contributed by atoms with van der Waals surface area (Å²) in [6, 6.07) is 13.0. The van der Waals surface area contributed by atoms with Crippen LogP contribution in [0.3, 0.4) is 0 Å². The molecule has 0 unspecified atom stereocenters. The Kier molecular flexibility index (Phi) is 12.0. The third-order valence-corrected chi connectivity index (χ3v) is 10.0. The number of hydrogen-bond acceptors (Lipinski definition) is 16. The van der Waals surface area contributed by atoms with Crippen molar-refractivity contribution < 1.29 is 78.4 Å². The van der Waals surface area contributed by atoms with Gasteiger partial charge < -0.3 is 78.4 Å². The van der Waals surface area contributed by atoms with E-state index in [2.05, 4.69) is 0 Å². The highest BCUT2D eigenvalue weighted by molar-refractivity contribution is 5.55. The second kappa shape index (κ2) is 16.5. The molecule has 0 saturated carbocycles. The first kappa shape index (κ1) is 38.6. The van der Waals surface area contributed by atoms with E-state index in [0.29, 0.717) is 19.0 Å². The zero-order valence-corrected chi connectivity index (χ0v) is 29.6. The topological polar surface area (TPSA) is 225 Å². The number of ether oxygens (including phenoxy) is 9. The van der Waals surface area contributed by atoms with Gasteiger partial charge in [0.25, 0.3) is 0 Å². The van der Waals surface area contributed by atoms with Crippen LogP contribution in [0.4, 0.5) is 0 Å². The lowest BCUT2D eigenvalue weighted by atomic mass is 9.85. The summed E-state index contributed by atoms with van der Waals surface area (Å²) < 4.78 is 52.1. The fourth-order valence-electron chi connectivity index (χ4n) is 7.10. The van der Waals surface area contributed by atoms with Gasteiger partial charge in [0.2, 0.25) is 12.0 Å². The summed E-state index contributed by atoms with van der Waals surface area (Å²) in [5, 5.41) is 72.1. The molecule has 16 heteroatoms. The average molecular weight is 747 g/mol. The highest BCUT2D eigenvalue weighted by Gasteiger charge is 2.49. The number of fused-ring (bicyclic) bond motifs is 1. The van der Waals surface area contributed by atoms with Gasteiger partial charge in [0.05, 0.1) is 67.1 Å². The molecule has 3 saturated heterocycles. The molecule has 0 spiro atoms. The number of phenols is 1. The molecule has 0 aromatic heterocycles. The lowest BCUT2D eigenvalue weighted by Crippen LogP contribution is -2.60. The molecule has 290 valence electrons. The predicted octanol–water partition coefficient (Wildman–Crippen LogP) is 1.15. The van der Waals surface area contributed by atoms with E-state index in [1.54, 1.807) is 30.3 Å². The van der Waals surface area contributed by atoms with Crippen molar-refractivity contribution in [2.75, 3.05) is 54.9 Å². The average Bonchev–Trinajstić information content (AvgIpc) is 3.80. The van der Waals surface area contributed by atoms with Gasteiger partial charge in [-0.25, -0.2) is 0 Å². The van der Waals surface area contributed by atoms with Crippen LogP contribution in [0.1, 0.15) is 35.0 Å². The number of aliphatic hydroxyl groups excluding tert-OH is 6. The van der Waals surface area contributed by atoms with E-state index in [4.69, 9.17) is 42.6 Å². The molecule has 16 nitrogen and oxygen atoms in total. The fourth-order valence-corrected chi connectivity index (χ4v) is 7.10. The standard InChI is InChI=1S/C37H46O16/c1-45-24-10-18(5-7-22(24)40)34-20-15-49-16-21(20)35(53-34)19-11-26(47-3)36(27(12-19)48-4)50-28(13-38)30(41)17-6-8-23(25(9-17)46-2)51-37-33(44)32(43)31(42)29(14-39)52-37/h5-12,20-21,28-35,37-44H,13-16H2,1-4H3/t20-,21+,28+,29+,30-,31+,32-,33+,34+,35-,37+/m0/s1. The molecule has 3 aromatic carbocycles. The molecular formula is C37H46O16. The fraction of sp³-hybridized carbons (Fsp3) is 0.514. The maximum absolute atomic E-state index is 11.4. The molecule has 6 rings (SSSR count). The first-order chi connectivity index (χ1) is 25.6. The van der Waals surface area contributed by atoms with E-state index in [1.165, 1.54) is 46.6 Å². The maximum Gasteiger partial charge on any atom is 0.229 e. The van der Waals surface area contributed by atoms with Crippen LogP contribution >= 0.6 is 0 Å². The second-order valence-corrected chi connectivity index (χ2v) is 13.0. The minimum Gasteiger partial charge on any atom is -0.504 e. The molecule has 0 bridgehead atoms. The van der Waals surface area contributed by atoms with Crippen molar-refractivity contribution in [3.8, 4) is 40.2 Å². The Morgan fingerprint density at radius 3 is 1.92 bits per heavy atom. The first-order valence-electron chi connectivity index (χ1n) is 17.0. The molecule has 3 aromatic rings. The SMILES string of the molecule is COc1cc([C@H]2O[C@@H](c3cc(OC)c(O[C@H](CO)[C@@H](O)c4ccc(O[C@@H]5O[C@H](CO)[C@@H](O)[C@H](O)[C@H]5O)c(OC)c4)c(OC)c3)[C@@H]3COC[C@@H]32)ccc1O. The van der Waals surface area contributed by atoms with Crippen molar-refractivity contribution in [1.29, 1.82) is 0 Å². The summed E-state index contributed by atoms with van der Waals surface area (Å²) in [7, 11) is 5.75. The summed E-state index contributed by atoms with van der Waals surface area (Å²) in [5.74, 6) is 1.21. The van der Waals surface area contributed by atoms with Gasteiger partial charge >= 0.3 is 0 Å². The summed E-state index contributed by atoms with van der Waals surface area (Å²) in [6.07, 6.45) is -10.9. The van der Waals surface area contributed by atoms with Crippen molar-refractivity contribution in [1.82, 2.24) is 0 Å². The highest BCUT2D eigenvalue weighted by atomic mass is 16.7. The Morgan fingerprint density at radius 1 is 0.698 bits per heavy atom. The number of hydrogen-bond donors (Lipinski definition) is 7. The van der Waals surface area contributed by atoms with E-state index in [-0.39, 0.29) is 58.0 Å². The van der Waals surface area contributed by atoms with Gasteiger partial charge in [-0.2, -0.15) is 0 Å². The van der Waals surface area contributed by atoms with Crippen LogP contribution in [-0.2, 0) is 14.2 Å². The zero-order chi connectivity index (χ0) is 38.0. The molecule has 7 N–H and O–H groups in total. The molecular weight excluding hydrogens is 700 g/mol. The molecule has 11 atom stereocenters. The number of benzene rings is 3. The van der Waals surface area contributed by atoms with Crippen molar-refractivity contribution in [2.45, 2.75) is 55.1 Å². The van der Waals surface area contributed by atoms with Crippen LogP contribution in [0, 0.1) is 11.8 Å². The van der Waals surface area contributed by atoms with Gasteiger partial charge in [0, 0.05) is 11.8 Å². The Bertz CT molecular complexity index is 1680. The smallest absolute Gasteiger partial charge is 0.229 e. The normalized spacial score (nSPS) is 29.2. The predicted molar refractivity (Wildman–Crippen MR) is 182 cm³/mol. The van der Waals surface area contributed by atoms with Crippen LogP contribution in [0.2, 0.25) is 0 Å². The van der Waals surface area contributed by atoms with Crippen LogP contribution in [0.15, 0.2) is 48.5 Å². The number of aromatic hydroxyl groups is 1. The van der Waals surface area contributed by atoms with Gasteiger partial charge in [0.1, 0.15) is 30.5 Å². The minimum absolute atomic E-state index is 0.00405. The van der Waals surface area contributed by atoms with E-state index in [9.17, 15) is 35.7 Å².